The molecular weight excluding hydrogens is 941 g/mol. The zero-order chi connectivity index (χ0) is 49.6. The number of aliphatic hydroxyl groups is 6. The fraction of sp³-hybridized carbons (Fsp3) is 0.682. The number of benzene rings is 2. The molecule has 14 atom stereocenters. The summed E-state index contributed by atoms with van der Waals surface area (Å²) in [5, 5.41) is 79.1. The molecule has 4 saturated heterocycles. The van der Waals surface area contributed by atoms with Crippen molar-refractivity contribution in [2.24, 2.45) is 11.8 Å². The number of likely N-dealkylation sites (tertiary alicyclic amines) is 2. The first-order valence-electron chi connectivity index (χ1n) is 23.0. The molecule has 4 heterocycles. The summed E-state index contributed by atoms with van der Waals surface area (Å²) in [6.45, 7) is 8.14. The van der Waals surface area contributed by atoms with Gasteiger partial charge < -0.3 is 59.8 Å². The Morgan fingerprint density at radius 2 is 1.07 bits per heavy atom. The quantitative estimate of drug-likeness (QED) is 0.121. The van der Waals surface area contributed by atoms with Gasteiger partial charge in [0.05, 0.1) is 0 Å². The normalized spacial score (nSPS) is 34.2. The summed E-state index contributed by atoms with van der Waals surface area (Å²) in [5.41, 5.74) is 2.57. The molecule has 2 aliphatic carbocycles. The highest BCUT2D eigenvalue weighted by molar-refractivity contribution is 7.86. The monoisotopic (exact) mass is 1000 g/mol. The first-order chi connectivity index (χ1) is 32.0. The molecule has 380 valence electrons. The minimum absolute atomic E-state index is 0.202. The van der Waals surface area contributed by atoms with Crippen LogP contribution in [0.4, 0.5) is 0 Å². The van der Waals surface area contributed by atoms with Crippen molar-refractivity contribution in [3.05, 3.63) is 46.5 Å². The van der Waals surface area contributed by atoms with Crippen LogP contribution in [-0.2, 0) is 65.0 Å². The molecule has 24 heteroatoms. The largest absolute Gasteiger partial charge is 0.479 e. The molecular formula is C44H62N2O20S2. The molecule has 10 N–H and O–H groups in total. The van der Waals surface area contributed by atoms with Crippen molar-refractivity contribution in [1.82, 2.24) is 9.80 Å². The highest BCUT2D eigenvalue weighted by Crippen LogP contribution is 2.44. The van der Waals surface area contributed by atoms with Crippen molar-refractivity contribution in [2.75, 3.05) is 26.2 Å². The van der Waals surface area contributed by atoms with Gasteiger partial charge >= 0.3 is 11.9 Å². The van der Waals surface area contributed by atoms with E-state index in [-0.39, 0.29) is 35.4 Å². The minimum Gasteiger partial charge on any atom is -0.479 e. The molecule has 6 aliphatic rings. The Balaban J connectivity index is 0.000000201. The number of aliphatic carboxylic acids is 2. The maximum atomic E-state index is 12.4. The number of nitrogens with zero attached hydrogens (tertiary/aromatic N) is 2. The third-order valence-electron chi connectivity index (χ3n) is 14.2. The Morgan fingerprint density at radius 1 is 0.618 bits per heavy atom. The number of rotatable bonds is 12. The smallest absolute Gasteiger partial charge is 0.335 e. The van der Waals surface area contributed by atoms with E-state index < -0.39 is 103 Å². The van der Waals surface area contributed by atoms with Crippen molar-refractivity contribution < 1.29 is 95.3 Å². The highest BCUT2D eigenvalue weighted by Gasteiger charge is 2.51. The van der Waals surface area contributed by atoms with Crippen LogP contribution >= 0.6 is 0 Å². The number of carboxylic acid groups (broad SMARTS) is 2. The predicted molar refractivity (Wildman–Crippen MR) is 234 cm³/mol. The molecule has 2 aromatic rings. The lowest BCUT2D eigenvalue weighted by molar-refractivity contribution is -0.271. The third kappa shape index (κ3) is 10.7. The van der Waals surface area contributed by atoms with E-state index in [0.29, 0.717) is 36.8 Å². The summed E-state index contributed by atoms with van der Waals surface area (Å²) in [7, 11) is -9.50. The summed E-state index contributed by atoms with van der Waals surface area (Å²) in [6, 6.07) is 6.44. The number of ether oxygens (including phenoxy) is 4. The maximum Gasteiger partial charge on any atom is 0.335 e. The number of hydrogen-bond donors (Lipinski definition) is 10. The number of carbonyl (C=O) groups is 2. The van der Waals surface area contributed by atoms with Crippen LogP contribution in [0.25, 0.3) is 0 Å². The molecule has 68 heavy (non-hydrogen) atoms. The van der Waals surface area contributed by atoms with Gasteiger partial charge in [-0.1, -0.05) is 26.0 Å². The number of hydrogen-bond acceptors (Lipinski definition) is 18. The van der Waals surface area contributed by atoms with Crippen LogP contribution in [0.15, 0.2) is 34.1 Å². The van der Waals surface area contributed by atoms with E-state index >= 15 is 0 Å². The zero-order valence-corrected chi connectivity index (χ0v) is 39.2. The first-order valence-corrected chi connectivity index (χ1v) is 25.8. The van der Waals surface area contributed by atoms with Crippen molar-refractivity contribution in [1.29, 1.82) is 0 Å². The second-order valence-corrected chi connectivity index (χ2v) is 21.3. The molecule has 0 amide bonds. The fourth-order valence-corrected chi connectivity index (χ4v) is 12.5. The molecule has 2 aromatic carbocycles. The van der Waals surface area contributed by atoms with E-state index in [1.807, 2.05) is 0 Å². The van der Waals surface area contributed by atoms with Crippen LogP contribution in [0.3, 0.4) is 0 Å². The molecule has 8 rings (SSSR count). The topological polar surface area (TPSA) is 348 Å². The van der Waals surface area contributed by atoms with Crippen LogP contribution in [0.5, 0.6) is 11.5 Å². The molecule has 0 aromatic heterocycles. The lowest BCUT2D eigenvalue weighted by Gasteiger charge is -2.45. The average molecular weight is 1000 g/mol. The number of fused-ring (bicyclic) bond motifs is 4. The molecule has 0 bridgehead atoms. The maximum absolute atomic E-state index is 12.4. The van der Waals surface area contributed by atoms with E-state index in [1.54, 1.807) is 12.1 Å². The lowest BCUT2D eigenvalue weighted by atomic mass is 9.75. The van der Waals surface area contributed by atoms with Gasteiger partial charge in [0, 0.05) is 12.1 Å². The lowest BCUT2D eigenvalue weighted by Crippen LogP contribution is -2.61. The van der Waals surface area contributed by atoms with Gasteiger partial charge in [0.15, 0.2) is 12.2 Å². The molecule has 4 aliphatic heterocycles. The Hall–Kier alpha value is -3.60. The minimum atomic E-state index is -4.76. The van der Waals surface area contributed by atoms with Gasteiger partial charge in [-0.2, -0.15) is 16.8 Å². The summed E-state index contributed by atoms with van der Waals surface area (Å²) in [6.07, 6.45) is -10.7. The van der Waals surface area contributed by atoms with Crippen molar-refractivity contribution in [3.63, 3.8) is 0 Å². The van der Waals surface area contributed by atoms with E-state index in [0.717, 1.165) is 75.8 Å². The summed E-state index contributed by atoms with van der Waals surface area (Å²) < 4.78 is 90.7. The van der Waals surface area contributed by atoms with Gasteiger partial charge in [-0.3, -0.25) is 18.9 Å². The van der Waals surface area contributed by atoms with Gasteiger partial charge in [0.2, 0.25) is 12.6 Å². The molecule has 0 radical (unpaired) electrons. The third-order valence-corrected chi connectivity index (χ3v) is 16.0. The van der Waals surface area contributed by atoms with Gasteiger partial charge in [-0.25, -0.2) is 9.59 Å². The van der Waals surface area contributed by atoms with Crippen LogP contribution in [0.2, 0.25) is 0 Å². The zero-order valence-electron chi connectivity index (χ0n) is 37.6. The molecule has 0 saturated carbocycles. The van der Waals surface area contributed by atoms with Crippen molar-refractivity contribution in [2.45, 2.75) is 161 Å². The number of carboxylic acids is 2. The SMILES string of the molecule is CCCN1CCC[C@@H]2Cc3c(ccc(O[C@@H]4OC(C(=O)O)[C@@H](O)[C@H](O)[C@H]4O)c3S(=O)(=O)O)CC21.CCCN1CCC[C@@H]2Cc3c(ccc(S(=O)(=O)O)c3O[C@@H]3O[C@H](C(=O)O)[C@@H](O)[C@H](O)[C@H]3O)CC21. The van der Waals surface area contributed by atoms with Gasteiger partial charge in [0.25, 0.3) is 20.2 Å². The Labute approximate surface area is 393 Å². The first kappa shape index (κ1) is 52.2. The van der Waals surface area contributed by atoms with Gasteiger partial charge in [-0.15, -0.1) is 0 Å². The molecule has 0 spiro atoms. The van der Waals surface area contributed by atoms with Gasteiger partial charge in [-0.05, 0) is 137 Å². The molecule has 22 nitrogen and oxygen atoms in total. The van der Waals surface area contributed by atoms with Crippen LogP contribution in [0, 0.1) is 11.8 Å². The van der Waals surface area contributed by atoms with Gasteiger partial charge in [0.1, 0.15) is 57.9 Å². The van der Waals surface area contributed by atoms with Crippen LogP contribution < -0.4 is 9.47 Å². The van der Waals surface area contributed by atoms with E-state index in [4.69, 9.17) is 18.9 Å². The second-order valence-electron chi connectivity index (χ2n) is 18.5. The van der Waals surface area contributed by atoms with Crippen LogP contribution in [-0.4, -0.2) is 188 Å². The Bertz CT molecular complexity index is 2380. The van der Waals surface area contributed by atoms with Crippen LogP contribution in [0.1, 0.15) is 74.6 Å². The fourth-order valence-electron chi connectivity index (χ4n) is 11.0. The summed E-state index contributed by atoms with van der Waals surface area (Å²) in [5.74, 6) is -3.30. The average Bonchev–Trinajstić information content (AvgIpc) is 3.27. The van der Waals surface area contributed by atoms with Crippen molar-refractivity contribution in [3.8, 4) is 11.5 Å². The van der Waals surface area contributed by atoms with E-state index in [1.165, 1.54) is 12.1 Å². The summed E-state index contributed by atoms with van der Waals surface area (Å²) >= 11 is 0. The second kappa shape index (κ2) is 21.0. The predicted octanol–water partition coefficient (Wildman–Crippen LogP) is -0.413. The Kier molecular flexibility index (Phi) is 16.1. The molecule has 4 fully saturated rings. The van der Waals surface area contributed by atoms with E-state index in [9.17, 15) is 76.4 Å². The highest BCUT2D eigenvalue weighted by atomic mass is 32.2. The number of aliphatic hydroxyl groups excluding tert-OH is 6. The van der Waals surface area contributed by atoms with E-state index in [2.05, 4.69) is 23.6 Å². The standard InChI is InChI=1S/2C22H31NO10S/c1-2-7-23-8-3-4-12-9-13-11(10-14(12)23)5-6-15(20(13)34(29,30)31)32-22-18(26)16(24)17(25)19(33-22)21(27)28;1-2-7-23-8-3-4-12-9-13-11(10-14(12)23)5-6-15(34(29,30)31)19(13)32-22-18(26)16(24)17(25)20(33-22)21(27)28/h5-6,12,14,16-19,22,24-26H,2-4,7-10H2,1H3,(H,27,28)(H,29,30,31);5-6,12,14,16-18,20,22,24-26H,2-4,7-10H2,1H3,(H,27,28)(H,29,30,31)/t12-,14?,16+,17+,18-,19?,22-;12-,14?,16+,17+,18-,20+,22-/m11/s1. The van der Waals surface area contributed by atoms with Crippen molar-refractivity contribution >= 4 is 32.2 Å². The number of piperidine rings is 2. The molecule has 3 unspecified atom stereocenters. The summed E-state index contributed by atoms with van der Waals surface area (Å²) in [4.78, 5) is 26.7. The Morgan fingerprint density at radius 3 is 1.53 bits per heavy atom.